The van der Waals surface area contributed by atoms with Gasteiger partial charge in [0.1, 0.15) is 0 Å². The van der Waals surface area contributed by atoms with E-state index in [0.717, 1.165) is 31.8 Å². The fourth-order valence-corrected chi connectivity index (χ4v) is 2.42. The van der Waals surface area contributed by atoms with Gasteiger partial charge in [0.15, 0.2) is 5.82 Å². The number of benzene rings is 1. The van der Waals surface area contributed by atoms with Gasteiger partial charge in [-0.3, -0.25) is 0 Å². The number of nitrogens with one attached hydrogen (secondary N) is 1. The highest BCUT2D eigenvalue weighted by Gasteiger charge is 2.16. The quantitative estimate of drug-likeness (QED) is 0.782. The first-order valence-electron chi connectivity index (χ1n) is 7.19. The van der Waals surface area contributed by atoms with E-state index in [1.807, 2.05) is 0 Å². The highest BCUT2D eigenvalue weighted by atomic mass is 15.6. The van der Waals surface area contributed by atoms with Crippen LogP contribution in [0.2, 0.25) is 0 Å². The molecular weight excluding hydrogens is 250 g/mol. The van der Waals surface area contributed by atoms with E-state index < -0.39 is 0 Å². The van der Waals surface area contributed by atoms with Crippen LogP contribution in [0.3, 0.4) is 0 Å². The summed E-state index contributed by atoms with van der Waals surface area (Å²) in [6.45, 7) is 6.32. The summed E-state index contributed by atoms with van der Waals surface area (Å²) in [5.41, 5.74) is 2.68. The molecule has 5 nitrogen and oxygen atoms in total. The topological polar surface area (TPSA) is 55.6 Å². The van der Waals surface area contributed by atoms with E-state index in [1.54, 1.807) is 7.05 Å². The molecule has 5 heteroatoms. The lowest BCUT2D eigenvalue weighted by Gasteiger charge is -2.18. The van der Waals surface area contributed by atoms with Crippen LogP contribution in [0.1, 0.15) is 36.2 Å². The maximum atomic E-state index is 4.30. The maximum Gasteiger partial charge on any atom is 0.175 e. The fourth-order valence-electron chi connectivity index (χ4n) is 2.42. The molecule has 0 aliphatic heterocycles. The zero-order valence-electron chi connectivity index (χ0n) is 12.5. The average molecular weight is 273 g/mol. The van der Waals surface area contributed by atoms with E-state index in [0.29, 0.717) is 5.92 Å². The van der Waals surface area contributed by atoms with Crippen LogP contribution < -0.4 is 5.32 Å². The van der Waals surface area contributed by atoms with Crippen molar-refractivity contribution in [2.75, 3.05) is 13.1 Å². The monoisotopic (exact) mass is 273 g/mol. The summed E-state index contributed by atoms with van der Waals surface area (Å²) in [7, 11) is 1.80. The van der Waals surface area contributed by atoms with Gasteiger partial charge >= 0.3 is 0 Å². The average Bonchev–Trinajstić information content (AvgIpc) is 2.84. The molecule has 0 aliphatic carbocycles. The summed E-state index contributed by atoms with van der Waals surface area (Å²) < 4.78 is 0. The lowest BCUT2D eigenvalue weighted by atomic mass is 9.91. The first kappa shape index (κ1) is 14.7. The van der Waals surface area contributed by atoms with Crippen molar-refractivity contribution in [1.82, 2.24) is 25.5 Å². The third-order valence-electron chi connectivity index (χ3n) is 3.42. The van der Waals surface area contributed by atoms with Crippen molar-refractivity contribution >= 4 is 0 Å². The second-order valence-corrected chi connectivity index (χ2v) is 5.16. The summed E-state index contributed by atoms with van der Waals surface area (Å²) in [6.07, 6.45) is 1.96. The predicted octanol–water partition coefficient (Wildman–Crippen LogP) is 1.84. The summed E-state index contributed by atoms with van der Waals surface area (Å²) >= 11 is 0. The Hall–Kier alpha value is -1.75. The first-order valence-corrected chi connectivity index (χ1v) is 7.19. The Morgan fingerprint density at radius 3 is 2.75 bits per heavy atom. The van der Waals surface area contributed by atoms with Crippen LogP contribution in [0.5, 0.6) is 0 Å². The van der Waals surface area contributed by atoms with Crippen LogP contribution in [-0.2, 0) is 13.5 Å². The second kappa shape index (κ2) is 7.14. The molecule has 0 saturated heterocycles. The molecule has 1 unspecified atom stereocenters. The summed E-state index contributed by atoms with van der Waals surface area (Å²) in [6, 6.07) is 8.53. The summed E-state index contributed by atoms with van der Waals surface area (Å²) in [5.74, 6) is 1.19. The smallest absolute Gasteiger partial charge is 0.175 e. The van der Waals surface area contributed by atoms with E-state index >= 15 is 0 Å². The first-order chi connectivity index (χ1) is 9.70. The van der Waals surface area contributed by atoms with E-state index in [2.05, 4.69) is 58.8 Å². The van der Waals surface area contributed by atoms with Crippen LogP contribution in [-0.4, -0.2) is 33.3 Å². The molecule has 1 aromatic carbocycles. The highest BCUT2D eigenvalue weighted by Crippen LogP contribution is 2.22. The molecule has 0 saturated carbocycles. The lowest BCUT2D eigenvalue weighted by Crippen LogP contribution is -2.24. The minimum Gasteiger partial charge on any atom is -0.316 e. The molecule has 0 radical (unpaired) electrons. The van der Waals surface area contributed by atoms with Gasteiger partial charge in [-0.2, -0.15) is 4.80 Å². The number of hydrogen-bond donors (Lipinski definition) is 1. The third kappa shape index (κ3) is 3.87. The molecule has 0 fully saturated rings. The molecular formula is C15H23N5. The number of rotatable bonds is 7. The molecule has 2 aromatic rings. The summed E-state index contributed by atoms with van der Waals surface area (Å²) in [4.78, 5) is 1.52. The number of aryl methyl sites for hydroxylation is 2. The van der Waals surface area contributed by atoms with Gasteiger partial charge in [-0.25, -0.2) is 0 Å². The van der Waals surface area contributed by atoms with Crippen LogP contribution in [0.25, 0.3) is 0 Å². The SMILES string of the molecule is CCCNCC(Cc1nnn(C)n1)c1ccccc1C. The van der Waals surface area contributed by atoms with Gasteiger partial charge in [-0.05, 0) is 36.2 Å². The Morgan fingerprint density at radius 1 is 1.30 bits per heavy atom. The van der Waals surface area contributed by atoms with Crippen molar-refractivity contribution in [1.29, 1.82) is 0 Å². The fraction of sp³-hybridized carbons (Fsp3) is 0.533. The maximum absolute atomic E-state index is 4.30. The lowest BCUT2D eigenvalue weighted by molar-refractivity contribution is 0.561. The predicted molar refractivity (Wildman–Crippen MR) is 79.6 cm³/mol. The molecule has 0 amide bonds. The Bertz CT molecular complexity index is 535. The van der Waals surface area contributed by atoms with Gasteiger partial charge < -0.3 is 5.32 Å². The van der Waals surface area contributed by atoms with Gasteiger partial charge in [-0.1, -0.05) is 31.2 Å². The molecule has 2 rings (SSSR count). The van der Waals surface area contributed by atoms with Gasteiger partial charge in [-0.15, -0.1) is 10.2 Å². The van der Waals surface area contributed by atoms with Gasteiger partial charge in [0.2, 0.25) is 0 Å². The number of nitrogens with zero attached hydrogens (tertiary/aromatic N) is 4. The van der Waals surface area contributed by atoms with Crippen LogP contribution in [0.15, 0.2) is 24.3 Å². The molecule has 1 N–H and O–H groups in total. The largest absolute Gasteiger partial charge is 0.316 e. The normalized spacial score (nSPS) is 12.6. The Labute approximate surface area is 120 Å². The molecule has 0 aliphatic rings. The Kier molecular flexibility index (Phi) is 5.24. The van der Waals surface area contributed by atoms with Crippen molar-refractivity contribution in [3.8, 4) is 0 Å². The van der Waals surface area contributed by atoms with Crippen molar-refractivity contribution in [2.24, 2.45) is 7.05 Å². The van der Waals surface area contributed by atoms with E-state index in [-0.39, 0.29) is 0 Å². The number of aromatic nitrogens is 4. The molecule has 20 heavy (non-hydrogen) atoms. The molecule has 0 spiro atoms. The van der Waals surface area contributed by atoms with Crippen LogP contribution in [0, 0.1) is 6.92 Å². The zero-order chi connectivity index (χ0) is 14.4. The second-order valence-electron chi connectivity index (χ2n) is 5.16. The van der Waals surface area contributed by atoms with E-state index in [4.69, 9.17) is 0 Å². The van der Waals surface area contributed by atoms with Crippen molar-refractivity contribution in [2.45, 2.75) is 32.6 Å². The van der Waals surface area contributed by atoms with Crippen LogP contribution in [0.4, 0.5) is 0 Å². The van der Waals surface area contributed by atoms with E-state index in [1.165, 1.54) is 15.9 Å². The molecule has 1 heterocycles. The van der Waals surface area contributed by atoms with Gasteiger partial charge in [0, 0.05) is 18.9 Å². The minimum atomic E-state index is 0.381. The van der Waals surface area contributed by atoms with Crippen molar-refractivity contribution in [3.63, 3.8) is 0 Å². The minimum absolute atomic E-state index is 0.381. The molecule has 1 atom stereocenters. The van der Waals surface area contributed by atoms with Gasteiger partial charge in [0.25, 0.3) is 0 Å². The van der Waals surface area contributed by atoms with E-state index in [9.17, 15) is 0 Å². The standard InChI is InChI=1S/C15H23N5/c1-4-9-16-11-13(10-15-17-19-20(3)18-15)14-8-6-5-7-12(14)2/h5-8,13,16H,4,9-11H2,1-3H3. The molecule has 0 bridgehead atoms. The van der Waals surface area contributed by atoms with Crippen LogP contribution >= 0.6 is 0 Å². The molecule has 108 valence electrons. The van der Waals surface area contributed by atoms with Crippen molar-refractivity contribution < 1.29 is 0 Å². The number of hydrogen-bond acceptors (Lipinski definition) is 4. The Morgan fingerprint density at radius 2 is 2.10 bits per heavy atom. The molecule has 1 aromatic heterocycles. The number of tetrazole rings is 1. The zero-order valence-corrected chi connectivity index (χ0v) is 12.5. The highest BCUT2D eigenvalue weighted by molar-refractivity contribution is 5.30. The van der Waals surface area contributed by atoms with Gasteiger partial charge in [0.05, 0.1) is 7.05 Å². The Balaban J connectivity index is 2.13. The third-order valence-corrected chi connectivity index (χ3v) is 3.42. The summed E-state index contributed by atoms with van der Waals surface area (Å²) in [5, 5.41) is 15.8. The van der Waals surface area contributed by atoms with Crippen molar-refractivity contribution in [3.05, 3.63) is 41.2 Å².